The summed E-state index contributed by atoms with van der Waals surface area (Å²) in [6, 6.07) is 63.7. The van der Waals surface area contributed by atoms with Crippen molar-refractivity contribution >= 4 is 71.1 Å². The van der Waals surface area contributed by atoms with Crippen LogP contribution in [0.4, 0.5) is 5.69 Å². The van der Waals surface area contributed by atoms with Crippen LogP contribution in [-0.4, -0.2) is 13.7 Å². The standard InChI is InChI=1S/C50H29N5/c1-52-35-26-27-46-41(30-35)39-16-4-6-18-42(39)53(46)36-13-10-12-32(28-36)33-24-25-34(31-51)49(29-33)55-45-21-9-5-17-40(45)50-47(22-11-23-48(50)55)54-43-19-7-2-14-37(43)38-15-3-8-20-44(38)54/h2-30H. The zero-order chi connectivity index (χ0) is 36.6. The molecule has 0 radical (unpaired) electrons. The van der Waals surface area contributed by atoms with E-state index in [1.165, 1.54) is 10.8 Å². The minimum absolute atomic E-state index is 0.600. The van der Waals surface area contributed by atoms with Crippen molar-refractivity contribution in [3.63, 3.8) is 0 Å². The van der Waals surface area contributed by atoms with Crippen molar-refractivity contribution in [2.45, 2.75) is 0 Å². The number of aromatic nitrogens is 3. The molecule has 0 aliphatic carbocycles. The molecular weight excluding hydrogens is 671 g/mol. The minimum Gasteiger partial charge on any atom is -0.309 e. The Kier molecular flexibility index (Phi) is 6.61. The molecule has 5 heteroatoms. The van der Waals surface area contributed by atoms with E-state index in [9.17, 15) is 5.26 Å². The topological polar surface area (TPSA) is 42.9 Å². The third kappa shape index (κ3) is 4.45. The van der Waals surface area contributed by atoms with Crippen LogP contribution in [0.2, 0.25) is 0 Å². The number of fused-ring (bicyclic) bond motifs is 9. The maximum Gasteiger partial charge on any atom is 0.188 e. The van der Waals surface area contributed by atoms with E-state index in [0.717, 1.165) is 82.8 Å². The SMILES string of the molecule is [C-]#[N+]c1ccc2c(c1)c1ccccc1n2-c1cccc(-c2ccc(C#N)c(-n3c4ccccc4c4c(-n5c6ccccc6c6ccccc65)cccc43)c2)c1. The summed E-state index contributed by atoms with van der Waals surface area (Å²) in [4.78, 5) is 3.70. The number of nitrogens with zero attached hydrogens (tertiary/aromatic N) is 5. The quantitative estimate of drug-likeness (QED) is 0.169. The second kappa shape index (κ2) is 11.8. The van der Waals surface area contributed by atoms with Gasteiger partial charge in [-0.2, -0.15) is 5.26 Å². The number of nitriles is 1. The lowest BCUT2D eigenvalue weighted by atomic mass is 10.0. The van der Waals surface area contributed by atoms with Gasteiger partial charge < -0.3 is 13.7 Å². The first-order chi connectivity index (χ1) is 27.2. The molecule has 0 saturated heterocycles. The molecule has 55 heavy (non-hydrogen) atoms. The molecule has 0 amide bonds. The fourth-order valence-corrected chi connectivity index (χ4v) is 8.75. The molecule has 254 valence electrons. The highest BCUT2D eigenvalue weighted by molar-refractivity contribution is 6.16. The molecule has 0 N–H and O–H groups in total. The van der Waals surface area contributed by atoms with Crippen LogP contribution in [0.25, 0.3) is 98.5 Å². The Balaban J connectivity index is 1.14. The summed E-state index contributed by atoms with van der Waals surface area (Å²) in [5.41, 5.74) is 12.8. The number of rotatable bonds is 4. The zero-order valence-corrected chi connectivity index (χ0v) is 29.5. The van der Waals surface area contributed by atoms with E-state index in [-0.39, 0.29) is 0 Å². The van der Waals surface area contributed by atoms with Crippen LogP contribution < -0.4 is 0 Å². The molecule has 0 atom stereocenters. The van der Waals surface area contributed by atoms with Crippen LogP contribution in [0, 0.1) is 17.9 Å². The number of benzene rings is 8. The van der Waals surface area contributed by atoms with Gasteiger partial charge in [-0.25, -0.2) is 4.85 Å². The van der Waals surface area contributed by atoms with Crippen LogP contribution in [0.1, 0.15) is 5.56 Å². The lowest BCUT2D eigenvalue weighted by molar-refractivity contribution is 1.16. The van der Waals surface area contributed by atoms with Gasteiger partial charge in [0.05, 0.1) is 56.6 Å². The van der Waals surface area contributed by atoms with Crippen LogP contribution in [0.5, 0.6) is 0 Å². The molecule has 5 nitrogen and oxygen atoms in total. The van der Waals surface area contributed by atoms with Crippen molar-refractivity contribution in [1.82, 2.24) is 13.7 Å². The highest BCUT2D eigenvalue weighted by atomic mass is 15.0. The molecule has 11 rings (SSSR count). The predicted octanol–water partition coefficient (Wildman–Crippen LogP) is 13.1. The third-order valence-corrected chi connectivity index (χ3v) is 11.1. The average Bonchev–Trinajstić information content (AvgIpc) is 3.89. The molecule has 0 aliphatic heterocycles. The third-order valence-electron chi connectivity index (χ3n) is 11.1. The highest BCUT2D eigenvalue weighted by Crippen LogP contribution is 2.41. The fourth-order valence-electron chi connectivity index (χ4n) is 8.75. The Morgan fingerprint density at radius 1 is 0.418 bits per heavy atom. The van der Waals surface area contributed by atoms with Gasteiger partial charge >= 0.3 is 0 Å². The van der Waals surface area contributed by atoms with Gasteiger partial charge in [0.2, 0.25) is 0 Å². The Hall–Kier alpha value is -7.86. The Morgan fingerprint density at radius 3 is 1.65 bits per heavy atom. The van der Waals surface area contributed by atoms with Crippen molar-refractivity contribution in [1.29, 1.82) is 5.26 Å². The minimum atomic E-state index is 0.600. The average molecular weight is 700 g/mol. The van der Waals surface area contributed by atoms with E-state index >= 15 is 0 Å². The number of hydrogen-bond donors (Lipinski definition) is 0. The first kappa shape index (κ1) is 30.7. The van der Waals surface area contributed by atoms with Crippen LogP contribution >= 0.6 is 0 Å². The molecule has 8 aromatic carbocycles. The van der Waals surface area contributed by atoms with E-state index in [1.807, 2.05) is 36.4 Å². The molecule has 0 fully saturated rings. The Labute approximate surface area is 316 Å². The summed E-state index contributed by atoms with van der Waals surface area (Å²) in [6.07, 6.45) is 0. The van der Waals surface area contributed by atoms with E-state index in [4.69, 9.17) is 6.57 Å². The van der Waals surface area contributed by atoms with Gasteiger partial charge in [0.1, 0.15) is 6.07 Å². The summed E-state index contributed by atoms with van der Waals surface area (Å²) in [7, 11) is 0. The van der Waals surface area contributed by atoms with Gasteiger partial charge in [0.15, 0.2) is 5.69 Å². The Bertz CT molecular complexity index is 3420. The van der Waals surface area contributed by atoms with Gasteiger partial charge in [-0.1, -0.05) is 103 Å². The van der Waals surface area contributed by atoms with Gasteiger partial charge in [0.25, 0.3) is 0 Å². The van der Waals surface area contributed by atoms with E-state index in [0.29, 0.717) is 11.3 Å². The molecule has 0 saturated carbocycles. The molecule has 11 aromatic rings. The van der Waals surface area contributed by atoms with Crippen molar-refractivity contribution in [3.05, 3.63) is 193 Å². The van der Waals surface area contributed by atoms with Crippen molar-refractivity contribution in [2.75, 3.05) is 0 Å². The largest absolute Gasteiger partial charge is 0.309 e. The van der Waals surface area contributed by atoms with Crippen molar-refractivity contribution < 1.29 is 0 Å². The summed E-state index contributed by atoms with van der Waals surface area (Å²) in [5, 5.41) is 17.4. The fraction of sp³-hybridized carbons (Fsp3) is 0. The van der Waals surface area contributed by atoms with Crippen LogP contribution in [0.15, 0.2) is 176 Å². The Morgan fingerprint density at radius 2 is 0.964 bits per heavy atom. The zero-order valence-electron chi connectivity index (χ0n) is 29.5. The molecule has 0 aliphatic rings. The maximum absolute atomic E-state index is 10.6. The van der Waals surface area contributed by atoms with E-state index < -0.39 is 0 Å². The molecule has 3 aromatic heterocycles. The second-order valence-electron chi connectivity index (χ2n) is 14.0. The highest BCUT2D eigenvalue weighted by Gasteiger charge is 2.21. The summed E-state index contributed by atoms with van der Waals surface area (Å²) < 4.78 is 6.92. The monoisotopic (exact) mass is 699 g/mol. The van der Waals surface area contributed by atoms with Crippen molar-refractivity contribution in [2.24, 2.45) is 0 Å². The van der Waals surface area contributed by atoms with Crippen LogP contribution in [0.3, 0.4) is 0 Å². The summed E-state index contributed by atoms with van der Waals surface area (Å²) in [6.45, 7) is 7.60. The molecular formula is C50H29N5. The molecule has 0 spiro atoms. The first-order valence-corrected chi connectivity index (χ1v) is 18.3. The second-order valence-corrected chi connectivity index (χ2v) is 14.0. The molecule has 0 unspecified atom stereocenters. The van der Waals surface area contributed by atoms with Gasteiger partial charge in [-0.15, -0.1) is 0 Å². The normalized spacial score (nSPS) is 11.6. The van der Waals surface area contributed by atoms with Gasteiger partial charge in [-0.05, 0) is 89.3 Å². The van der Waals surface area contributed by atoms with Gasteiger partial charge in [0, 0.05) is 32.6 Å². The van der Waals surface area contributed by atoms with Crippen LogP contribution in [-0.2, 0) is 0 Å². The van der Waals surface area contributed by atoms with Gasteiger partial charge in [-0.3, -0.25) is 0 Å². The molecule has 0 bridgehead atoms. The van der Waals surface area contributed by atoms with E-state index in [2.05, 4.69) is 164 Å². The molecule has 3 heterocycles. The summed E-state index contributed by atoms with van der Waals surface area (Å²) >= 11 is 0. The lowest BCUT2D eigenvalue weighted by Gasteiger charge is -2.14. The smallest absolute Gasteiger partial charge is 0.188 e. The maximum atomic E-state index is 10.6. The summed E-state index contributed by atoms with van der Waals surface area (Å²) in [5.74, 6) is 0. The predicted molar refractivity (Wildman–Crippen MR) is 226 cm³/mol. The van der Waals surface area contributed by atoms with Crippen molar-refractivity contribution in [3.8, 4) is 34.3 Å². The van der Waals surface area contributed by atoms with E-state index in [1.54, 1.807) is 0 Å². The first-order valence-electron chi connectivity index (χ1n) is 18.3. The number of para-hydroxylation sites is 4. The lowest BCUT2D eigenvalue weighted by Crippen LogP contribution is -1.99. The number of hydrogen-bond acceptors (Lipinski definition) is 1.